The number of carboxylic acid groups (broad SMARTS) is 1. The number of amides is 1. The van der Waals surface area contributed by atoms with E-state index in [1.807, 2.05) is 0 Å². The van der Waals surface area contributed by atoms with E-state index in [9.17, 15) is 9.59 Å². The predicted molar refractivity (Wildman–Crippen MR) is 69.7 cm³/mol. The summed E-state index contributed by atoms with van der Waals surface area (Å²) in [6.45, 7) is 1.30. The molecule has 0 radical (unpaired) electrons. The molecule has 0 aromatic heterocycles. The largest absolute Gasteiger partial charge is 0.480 e. The van der Waals surface area contributed by atoms with E-state index in [1.165, 1.54) is 4.90 Å². The number of anilines is 1. The lowest BCUT2D eigenvalue weighted by atomic mass is 10.2. The molecule has 5 nitrogen and oxygen atoms in total. The summed E-state index contributed by atoms with van der Waals surface area (Å²) in [6.07, 6.45) is 0.0932. The van der Waals surface area contributed by atoms with Gasteiger partial charge in [0.2, 0.25) is 5.91 Å². The molecule has 0 spiro atoms. The van der Waals surface area contributed by atoms with Gasteiger partial charge in [0.25, 0.3) is 0 Å². The number of halogens is 1. The Morgan fingerprint density at radius 3 is 2.39 bits per heavy atom. The molecule has 1 atom stereocenters. The molecule has 0 saturated carbocycles. The second-order valence-electron chi connectivity index (χ2n) is 4.03. The second-order valence-corrected chi connectivity index (χ2v) is 4.47. The molecule has 0 bridgehead atoms. The molecule has 1 aromatic carbocycles. The summed E-state index contributed by atoms with van der Waals surface area (Å²) in [5, 5.41) is 9.35. The fraction of sp³-hybridized carbons (Fsp3) is 0.333. The highest BCUT2D eigenvalue weighted by molar-refractivity contribution is 6.30. The van der Waals surface area contributed by atoms with Gasteiger partial charge in [0.15, 0.2) is 0 Å². The molecule has 1 aromatic rings. The van der Waals surface area contributed by atoms with Crippen molar-refractivity contribution in [2.75, 3.05) is 11.4 Å². The highest BCUT2D eigenvalue weighted by Crippen LogP contribution is 2.19. The van der Waals surface area contributed by atoms with E-state index >= 15 is 0 Å². The Labute approximate surface area is 110 Å². The van der Waals surface area contributed by atoms with Crippen molar-refractivity contribution in [1.29, 1.82) is 0 Å². The molecule has 1 unspecified atom stereocenters. The van der Waals surface area contributed by atoms with Crippen molar-refractivity contribution in [1.82, 2.24) is 0 Å². The molecule has 6 heteroatoms. The maximum absolute atomic E-state index is 11.9. The molecule has 1 amide bonds. The summed E-state index contributed by atoms with van der Waals surface area (Å²) < 4.78 is 0. The van der Waals surface area contributed by atoms with Crippen molar-refractivity contribution in [2.24, 2.45) is 5.73 Å². The Hall–Kier alpha value is -1.59. The van der Waals surface area contributed by atoms with E-state index in [-0.39, 0.29) is 18.4 Å². The van der Waals surface area contributed by atoms with Gasteiger partial charge in [-0.1, -0.05) is 11.6 Å². The van der Waals surface area contributed by atoms with Crippen LogP contribution in [0.25, 0.3) is 0 Å². The third kappa shape index (κ3) is 4.35. The van der Waals surface area contributed by atoms with E-state index in [2.05, 4.69) is 0 Å². The van der Waals surface area contributed by atoms with Gasteiger partial charge in [-0.15, -0.1) is 0 Å². The highest BCUT2D eigenvalue weighted by Gasteiger charge is 2.19. The zero-order chi connectivity index (χ0) is 13.7. The van der Waals surface area contributed by atoms with Gasteiger partial charge in [0.1, 0.15) is 6.54 Å². The predicted octanol–water partition coefficient (Wildman–Crippen LogP) is 1.49. The Morgan fingerprint density at radius 1 is 1.39 bits per heavy atom. The molecular weight excluding hydrogens is 256 g/mol. The minimum Gasteiger partial charge on any atom is -0.480 e. The molecule has 0 fully saturated rings. The van der Waals surface area contributed by atoms with E-state index in [0.717, 1.165) is 0 Å². The second kappa shape index (κ2) is 6.37. The maximum Gasteiger partial charge on any atom is 0.323 e. The van der Waals surface area contributed by atoms with Crippen molar-refractivity contribution in [3.05, 3.63) is 29.3 Å². The Bertz CT molecular complexity index is 431. The molecule has 0 aliphatic heterocycles. The number of carboxylic acids is 1. The molecule has 0 aliphatic rings. The monoisotopic (exact) mass is 270 g/mol. The SMILES string of the molecule is CC(N)CC(=O)N(CC(=O)O)c1ccc(Cl)cc1. The lowest BCUT2D eigenvalue weighted by Gasteiger charge is -2.21. The van der Waals surface area contributed by atoms with Crippen molar-refractivity contribution in [3.63, 3.8) is 0 Å². The third-order valence-electron chi connectivity index (χ3n) is 2.23. The molecule has 98 valence electrons. The van der Waals surface area contributed by atoms with Crippen LogP contribution in [0.15, 0.2) is 24.3 Å². The number of carbonyl (C=O) groups is 2. The average molecular weight is 271 g/mol. The van der Waals surface area contributed by atoms with E-state index in [0.29, 0.717) is 10.7 Å². The van der Waals surface area contributed by atoms with Gasteiger partial charge in [0, 0.05) is 23.2 Å². The minimum absolute atomic E-state index is 0.0932. The van der Waals surface area contributed by atoms with E-state index in [4.69, 9.17) is 22.4 Å². The van der Waals surface area contributed by atoms with Gasteiger partial charge >= 0.3 is 5.97 Å². The zero-order valence-electron chi connectivity index (χ0n) is 9.97. The van der Waals surface area contributed by atoms with Crippen molar-refractivity contribution in [2.45, 2.75) is 19.4 Å². The van der Waals surface area contributed by atoms with Crippen LogP contribution in [-0.2, 0) is 9.59 Å². The van der Waals surface area contributed by atoms with Crippen LogP contribution in [0.1, 0.15) is 13.3 Å². The quantitative estimate of drug-likeness (QED) is 0.849. The topological polar surface area (TPSA) is 83.6 Å². The summed E-state index contributed by atoms with van der Waals surface area (Å²) in [6, 6.07) is 6.09. The lowest BCUT2D eigenvalue weighted by molar-refractivity contribution is -0.136. The van der Waals surface area contributed by atoms with Crippen LogP contribution in [0, 0.1) is 0 Å². The smallest absolute Gasteiger partial charge is 0.323 e. The van der Waals surface area contributed by atoms with Crippen LogP contribution in [0.3, 0.4) is 0 Å². The summed E-state index contributed by atoms with van der Waals surface area (Å²) in [5.74, 6) is -1.40. The molecule has 3 N–H and O–H groups in total. The average Bonchev–Trinajstić information content (AvgIpc) is 2.26. The van der Waals surface area contributed by atoms with Crippen molar-refractivity contribution < 1.29 is 14.7 Å². The molecule has 0 saturated heterocycles. The maximum atomic E-state index is 11.9. The normalized spacial score (nSPS) is 11.9. The van der Waals surface area contributed by atoms with Gasteiger partial charge in [-0.2, -0.15) is 0 Å². The van der Waals surface area contributed by atoms with Gasteiger partial charge < -0.3 is 15.7 Å². The fourth-order valence-corrected chi connectivity index (χ4v) is 1.59. The number of nitrogens with two attached hydrogens (primary N) is 1. The van der Waals surface area contributed by atoms with Gasteiger partial charge in [-0.25, -0.2) is 0 Å². The minimum atomic E-state index is -1.08. The number of aliphatic carboxylic acids is 1. The van der Waals surface area contributed by atoms with E-state index < -0.39 is 12.5 Å². The van der Waals surface area contributed by atoms with Gasteiger partial charge in [-0.05, 0) is 31.2 Å². The first-order valence-corrected chi connectivity index (χ1v) is 5.81. The number of benzene rings is 1. The van der Waals surface area contributed by atoms with Crippen molar-refractivity contribution in [3.8, 4) is 0 Å². The summed E-state index contributed by atoms with van der Waals surface area (Å²) in [4.78, 5) is 23.9. The molecular formula is C12H15ClN2O3. The molecule has 0 aliphatic carbocycles. The summed E-state index contributed by atoms with van der Waals surface area (Å²) in [7, 11) is 0. The number of carbonyl (C=O) groups excluding carboxylic acids is 1. The van der Waals surface area contributed by atoms with Gasteiger partial charge in [0.05, 0.1) is 0 Å². The number of rotatable bonds is 5. The molecule has 0 heterocycles. The standard InChI is InChI=1S/C12H15ClN2O3/c1-8(14)6-11(16)15(7-12(17)18)10-4-2-9(13)3-5-10/h2-5,8H,6-7,14H2,1H3,(H,17,18). The fourth-order valence-electron chi connectivity index (χ4n) is 1.47. The first-order chi connectivity index (χ1) is 8.40. The number of nitrogens with zero attached hydrogens (tertiary/aromatic N) is 1. The third-order valence-corrected chi connectivity index (χ3v) is 2.48. The van der Waals surface area contributed by atoms with Crippen LogP contribution >= 0.6 is 11.6 Å². The van der Waals surface area contributed by atoms with Crippen LogP contribution in [0.4, 0.5) is 5.69 Å². The number of hydrogen-bond donors (Lipinski definition) is 2. The molecule has 1 rings (SSSR count). The highest BCUT2D eigenvalue weighted by atomic mass is 35.5. The first-order valence-electron chi connectivity index (χ1n) is 5.43. The zero-order valence-corrected chi connectivity index (χ0v) is 10.7. The number of hydrogen-bond acceptors (Lipinski definition) is 3. The summed E-state index contributed by atoms with van der Waals surface area (Å²) in [5.41, 5.74) is 6.04. The summed E-state index contributed by atoms with van der Waals surface area (Å²) >= 11 is 5.75. The van der Waals surface area contributed by atoms with Crippen LogP contribution in [-0.4, -0.2) is 29.6 Å². The first kappa shape index (κ1) is 14.5. The lowest BCUT2D eigenvalue weighted by Crippen LogP contribution is -2.38. The van der Waals surface area contributed by atoms with Crippen LogP contribution in [0.5, 0.6) is 0 Å². The van der Waals surface area contributed by atoms with Gasteiger partial charge in [-0.3, -0.25) is 9.59 Å². The Kier molecular flexibility index (Phi) is 5.12. The molecule has 18 heavy (non-hydrogen) atoms. The van der Waals surface area contributed by atoms with E-state index in [1.54, 1.807) is 31.2 Å². The Morgan fingerprint density at radius 2 is 1.94 bits per heavy atom. The van der Waals surface area contributed by atoms with Crippen LogP contribution in [0.2, 0.25) is 5.02 Å². The Balaban J connectivity index is 2.93. The van der Waals surface area contributed by atoms with Crippen LogP contribution < -0.4 is 10.6 Å². The van der Waals surface area contributed by atoms with Crippen molar-refractivity contribution >= 4 is 29.2 Å².